The SMILES string of the molecule is O=C(/C=C/c1cccc(C(F)(F)F)c1)CC(=O)/C=C/c1cccc(C(F)(F)F)c1. The monoisotopic (exact) mass is 412 g/mol. The lowest BCUT2D eigenvalue weighted by atomic mass is 10.1. The van der Waals surface area contributed by atoms with E-state index in [9.17, 15) is 35.9 Å². The van der Waals surface area contributed by atoms with Gasteiger partial charge in [0.25, 0.3) is 0 Å². The number of halogens is 6. The summed E-state index contributed by atoms with van der Waals surface area (Å²) in [4.78, 5) is 23.6. The Balaban J connectivity index is 1.98. The maximum absolute atomic E-state index is 12.6. The van der Waals surface area contributed by atoms with E-state index in [-0.39, 0.29) is 11.1 Å². The second-order valence-corrected chi connectivity index (χ2v) is 6.02. The molecule has 2 aromatic carbocycles. The van der Waals surface area contributed by atoms with Gasteiger partial charge in [0.1, 0.15) is 0 Å². The van der Waals surface area contributed by atoms with Gasteiger partial charge in [-0.25, -0.2) is 0 Å². The number of carbonyl (C=O) groups excluding carboxylic acids is 2. The molecule has 0 atom stereocenters. The van der Waals surface area contributed by atoms with Crippen LogP contribution >= 0.6 is 0 Å². The van der Waals surface area contributed by atoms with Crippen molar-refractivity contribution in [2.75, 3.05) is 0 Å². The van der Waals surface area contributed by atoms with Crippen LogP contribution < -0.4 is 0 Å². The van der Waals surface area contributed by atoms with Gasteiger partial charge in [0, 0.05) is 0 Å². The lowest BCUT2D eigenvalue weighted by Gasteiger charge is -2.06. The van der Waals surface area contributed by atoms with E-state index in [1.807, 2.05) is 0 Å². The van der Waals surface area contributed by atoms with Crippen LogP contribution in [0.2, 0.25) is 0 Å². The van der Waals surface area contributed by atoms with E-state index in [1.165, 1.54) is 24.3 Å². The van der Waals surface area contributed by atoms with Crippen LogP contribution in [0.4, 0.5) is 26.3 Å². The zero-order valence-electron chi connectivity index (χ0n) is 14.7. The van der Waals surface area contributed by atoms with E-state index >= 15 is 0 Å². The molecule has 0 saturated heterocycles. The van der Waals surface area contributed by atoms with Crippen molar-refractivity contribution in [3.63, 3.8) is 0 Å². The summed E-state index contributed by atoms with van der Waals surface area (Å²) in [6.45, 7) is 0. The third-order valence-electron chi connectivity index (χ3n) is 3.70. The summed E-state index contributed by atoms with van der Waals surface area (Å²) in [5, 5.41) is 0. The van der Waals surface area contributed by atoms with Crippen molar-refractivity contribution in [1.29, 1.82) is 0 Å². The molecule has 2 nitrogen and oxygen atoms in total. The summed E-state index contributed by atoms with van der Waals surface area (Å²) < 4.78 is 75.9. The van der Waals surface area contributed by atoms with Crippen molar-refractivity contribution < 1.29 is 35.9 Å². The summed E-state index contributed by atoms with van der Waals surface area (Å²) in [5.74, 6) is -1.30. The summed E-state index contributed by atoms with van der Waals surface area (Å²) in [5.41, 5.74) is -1.46. The van der Waals surface area contributed by atoms with Crippen LogP contribution in [0.1, 0.15) is 28.7 Å². The van der Waals surface area contributed by atoms with Crippen LogP contribution in [0.25, 0.3) is 12.2 Å². The van der Waals surface area contributed by atoms with E-state index in [0.717, 1.165) is 48.6 Å². The van der Waals surface area contributed by atoms with E-state index in [4.69, 9.17) is 0 Å². The molecule has 2 rings (SSSR count). The van der Waals surface area contributed by atoms with Crippen LogP contribution in [0.3, 0.4) is 0 Å². The molecule has 0 heterocycles. The topological polar surface area (TPSA) is 34.1 Å². The number of alkyl halides is 6. The van der Waals surface area contributed by atoms with Crippen molar-refractivity contribution in [1.82, 2.24) is 0 Å². The van der Waals surface area contributed by atoms with Gasteiger partial charge in [0.15, 0.2) is 11.6 Å². The fourth-order valence-electron chi connectivity index (χ4n) is 2.31. The second-order valence-electron chi connectivity index (χ2n) is 6.02. The minimum absolute atomic E-state index is 0.139. The average molecular weight is 412 g/mol. The Hall–Kier alpha value is -3.16. The lowest BCUT2D eigenvalue weighted by Crippen LogP contribution is -2.05. The fourth-order valence-corrected chi connectivity index (χ4v) is 2.31. The zero-order chi connectivity index (χ0) is 21.7. The first-order valence-electron chi connectivity index (χ1n) is 8.21. The highest BCUT2D eigenvalue weighted by Gasteiger charge is 2.30. The average Bonchev–Trinajstić information content (AvgIpc) is 2.64. The van der Waals surface area contributed by atoms with E-state index < -0.39 is 41.5 Å². The molecule has 0 spiro atoms. The number of carbonyl (C=O) groups is 2. The Morgan fingerprint density at radius 2 is 1.07 bits per heavy atom. The molecule has 0 aliphatic heterocycles. The summed E-state index contributed by atoms with van der Waals surface area (Å²) in [6.07, 6.45) is -5.33. The molecule has 0 unspecified atom stereocenters. The number of hydrogen-bond donors (Lipinski definition) is 0. The molecule has 0 radical (unpaired) electrons. The largest absolute Gasteiger partial charge is 0.416 e. The predicted molar refractivity (Wildman–Crippen MR) is 95.6 cm³/mol. The van der Waals surface area contributed by atoms with Gasteiger partial charge < -0.3 is 0 Å². The van der Waals surface area contributed by atoms with Gasteiger partial charge in [-0.2, -0.15) is 26.3 Å². The van der Waals surface area contributed by atoms with Crippen LogP contribution in [0.15, 0.2) is 60.7 Å². The van der Waals surface area contributed by atoms with Crippen molar-refractivity contribution in [2.24, 2.45) is 0 Å². The normalized spacial score (nSPS) is 12.6. The first-order valence-corrected chi connectivity index (χ1v) is 8.21. The predicted octanol–water partition coefficient (Wildman–Crippen LogP) is 5.98. The molecule has 2 aromatic rings. The number of allylic oxidation sites excluding steroid dienone is 2. The molecule has 0 saturated carbocycles. The molecule has 8 heteroatoms. The smallest absolute Gasteiger partial charge is 0.294 e. The molecule has 0 aromatic heterocycles. The molecule has 29 heavy (non-hydrogen) atoms. The van der Waals surface area contributed by atoms with E-state index in [1.54, 1.807) is 0 Å². The second kappa shape index (κ2) is 8.89. The quantitative estimate of drug-likeness (QED) is 0.332. The van der Waals surface area contributed by atoms with Gasteiger partial charge in [-0.05, 0) is 47.5 Å². The molecule has 0 aliphatic carbocycles. The number of benzene rings is 2. The van der Waals surface area contributed by atoms with Crippen LogP contribution in [0.5, 0.6) is 0 Å². The Morgan fingerprint density at radius 1 is 0.690 bits per heavy atom. The number of hydrogen-bond acceptors (Lipinski definition) is 2. The van der Waals surface area contributed by atoms with Gasteiger partial charge >= 0.3 is 12.4 Å². The first kappa shape index (κ1) is 22.1. The number of rotatable bonds is 6. The Morgan fingerprint density at radius 3 is 1.41 bits per heavy atom. The minimum Gasteiger partial charge on any atom is -0.294 e. The van der Waals surface area contributed by atoms with Crippen molar-refractivity contribution >= 4 is 23.7 Å². The molecular weight excluding hydrogens is 398 g/mol. The van der Waals surface area contributed by atoms with Crippen molar-refractivity contribution in [2.45, 2.75) is 18.8 Å². The third kappa shape index (κ3) is 7.06. The minimum atomic E-state index is -4.52. The highest BCUT2D eigenvalue weighted by molar-refractivity contribution is 6.10. The van der Waals surface area contributed by atoms with Crippen LogP contribution in [0, 0.1) is 0 Å². The molecule has 0 N–H and O–H groups in total. The Labute approximate surface area is 162 Å². The van der Waals surface area contributed by atoms with E-state index in [0.29, 0.717) is 0 Å². The Kier molecular flexibility index (Phi) is 6.79. The fraction of sp³-hybridized carbons (Fsp3) is 0.143. The summed E-state index contributed by atoms with van der Waals surface area (Å²) >= 11 is 0. The molecule has 0 aliphatic rings. The lowest BCUT2D eigenvalue weighted by molar-refractivity contribution is -0.138. The molecule has 0 amide bonds. The van der Waals surface area contributed by atoms with Crippen LogP contribution in [-0.2, 0) is 21.9 Å². The van der Waals surface area contributed by atoms with E-state index in [2.05, 4.69) is 0 Å². The van der Waals surface area contributed by atoms with Crippen molar-refractivity contribution in [3.8, 4) is 0 Å². The van der Waals surface area contributed by atoms with Gasteiger partial charge in [-0.3, -0.25) is 9.59 Å². The molecule has 0 bridgehead atoms. The van der Waals surface area contributed by atoms with Gasteiger partial charge in [-0.1, -0.05) is 36.4 Å². The maximum atomic E-state index is 12.6. The van der Waals surface area contributed by atoms with Gasteiger partial charge in [0.2, 0.25) is 0 Å². The summed E-state index contributed by atoms with van der Waals surface area (Å²) in [6, 6.07) is 8.62. The highest BCUT2D eigenvalue weighted by Crippen LogP contribution is 2.30. The molecule has 0 fully saturated rings. The third-order valence-corrected chi connectivity index (χ3v) is 3.70. The Bertz CT molecular complexity index is 875. The molecular formula is C21H14F6O2. The van der Waals surface area contributed by atoms with Crippen molar-refractivity contribution in [3.05, 3.63) is 82.9 Å². The summed E-state index contributed by atoms with van der Waals surface area (Å²) in [7, 11) is 0. The zero-order valence-corrected chi connectivity index (χ0v) is 14.7. The molecule has 152 valence electrons. The van der Waals surface area contributed by atoms with Gasteiger partial charge in [-0.15, -0.1) is 0 Å². The first-order chi connectivity index (χ1) is 13.4. The highest BCUT2D eigenvalue weighted by atomic mass is 19.4. The standard InChI is InChI=1S/C21H14F6O2/c22-20(23,24)16-5-1-3-14(11-16)7-9-18(28)13-19(29)10-8-15-4-2-6-17(12-15)21(25,26)27/h1-12H,13H2/b9-7+,10-8+. The number of ketones is 2. The van der Waals surface area contributed by atoms with Crippen LogP contribution in [-0.4, -0.2) is 11.6 Å². The maximum Gasteiger partial charge on any atom is 0.416 e. The van der Waals surface area contributed by atoms with Gasteiger partial charge in [0.05, 0.1) is 17.5 Å².